The van der Waals surface area contributed by atoms with Gasteiger partial charge in [-0.1, -0.05) is 52.3 Å². The zero-order valence-electron chi connectivity index (χ0n) is 11.5. The van der Waals surface area contributed by atoms with Crippen molar-refractivity contribution in [1.29, 1.82) is 0 Å². The van der Waals surface area contributed by atoms with E-state index in [1.165, 1.54) is 17.2 Å². The van der Waals surface area contributed by atoms with E-state index in [4.69, 9.17) is 4.74 Å². The van der Waals surface area contributed by atoms with Gasteiger partial charge in [0.15, 0.2) is 0 Å². The zero-order chi connectivity index (χ0) is 14.4. The van der Waals surface area contributed by atoms with Crippen molar-refractivity contribution in [2.45, 2.75) is 17.7 Å². The molecule has 1 unspecified atom stereocenters. The Hall–Kier alpha value is -1.19. The van der Waals surface area contributed by atoms with Crippen molar-refractivity contribution in [3.05, 3.63) is 71.0 Å². The highest BCUT2D eigenvalue weighted by Crippen LogP contribution is 2.27. The van der Waals surface area contributed by atoms with Crippen LogP contribution in [-0.4, -0.2) is 13.7 Å². The molecule has 1 atom stereocenters. The van der Waals surface area contributed by atoms with Gasteiger partial charge in [0.25, 0.3) is 0 Å². The summed E-state index contributed by atoms with van der Waals surface area (Å²) in [5.74, 6) is -0.183. The van der Waals surface area contributed by atoms with Crippen molar-refractivity contribution in [2.75, 3.05) is 13.7 Å². The lowest BCUT2D eigenvalue weighted by atomic mass is 10.0. The molecule has 3 heteroatoms. The van der Waals surface area contributed by atoms with E-state index in [0.717, 1.165) is 25.0 Å². The molecule has 0 saturated carbocycles. The monoisotopic (exact) mass is 336 g/mol. The van der Waals surface area contributed by atoms with Crippen LogP contribution in [0.15, 0.2) is 48.5 Å². The van der Waals surface area contributed by atoms with Crippen LogP contribution in [0.3, 0.4) is 0 Å². The number of hydrogen-bond acceptors (Lipinski definition) is 1. The number of methoxy groups -OCH3 is 1. The standard InChI is InChI=1S/C17H18BrFO/c1-20-10-9-13-5-7-15(8-6-13)17(18)12-14-3-2-4-16(19)11-14/h2-8,11,17H,9-10,12H2,1H3. The maximum Gasteiger partial charge on any atom is 0.123 e. The maximum atomic E-state index is 13.2. The SMILES string of the molecule is COCCc1ccc(C(Br)Cc2cccc(F)c2)cc1. The average Bonchev–Trinajstić information content (AvgIpc) is 2.45. The summed E-state index contributed by atoms with van der Waals surface area (Å²) in [6.07, 6.45) is 1.70. The minimum Gasteiger partial charge on any atom is -0.384 e. The molecule has 0 spiro atoms. The van der Waals surface area contributed by atoms with Crippen LogP contribution in [0, 0.1) is 5.82 Å². The van der Waals surface area contributed by atoms with Crippen molar-refractivity contribution in [3.63, 3.8) is 0 Å². The lowest BCUT2D eigenvalue weighted by molar-refractivity contribution is 0.202. The molecule has 0 saturated heterocycles. The fraction of sp³-hybridized carbons (Fsp3) is 0.294. The molecule has 0 aliphatic heterocycles. The lowest BCUT2D eigenvalue weighted by Gasteiger charge is -2.11. The van der Waals surface area contributed by atoms with Crippen LogP contribution in [0.5, 0.6) is 0 Å². The summed E-state index contributed by atoms with van der Waals surface area (Å²) in [6.45, 7) is 0.736. The molecule has 0 radical (unpaired) electrons. The molecule has 2 aromatic carbocycles. The van der Waals surface area contributed by atoms with E-state index in [0.29, 0.717) is 0 Å². The Bertz CT molecular complexity index is 539. The van der Waals surface area contributed by atoms with Gasteiger partial charge in [0.2, 0.25) is 0 Å². The molecular formula is C17H18BrFO. The molecule has 0 fully saturated rings. The van der Waals surface area contributed by atoms with E-state index in [2.05, 4.69) is 40.2 Å². The van der Waals surface area contributed by atoms with Crippen LogP contribution < -0.4 is 0 Å². The van der Waals surface area contributed by atoms with Crippen molar-refractivity contribution in [3.8, 4) is 0 Å². The summed E-state index contributed by atoms with van der Waals surface area (Å²) in [6, 6.07) is 15.2. The molecule has 0 amide bonds. The first-order valence-electron chi connectivity index (χ1n) is 6.65. The number of rotatable bonds is 6. The molecule has 0 aromatic heterocycles. The summed E-state index contributed by atoms with van der Waals surface area (Å²) in [5.41, 5.74) is 3.46. The van der Waals surface area contributed by atoms with E-state index >= 15 is 0 Å². The average molecular weight is 337 g/mol. The van der Waals surface area contributed by atoms with E-state index in [1.807, 2.05) is 6.07 Å². The Morgan fingerprint density at radius 1 is 1.10 bits per heavy atom. The summed E-state index contributed by atoms with van der Waals surface area (Å²) in [5, 5.41) is 0. The molecular weight excluding hydrogens is 319 g/mol. The van der Waals surface area contributed by atoms with Gasteiger partial charge < -0.3 is 4.74 Å². The number of alkyl halides is 1. The highest BCUT2D eigenvalue weighted by molar-refractivity contribution is 9.09. The predicted molar refractivity (Wildman–Crippen MR) is 83.8 cm³/mol. The minimum atomic E-state index is -0.183. The van der Waals surface area contributed by atoms with Crippen molar-refractivity contribution in [2.24, 2.45) is 0 Å². The second-order valence-corrected chi connectivity index (χ2v) is 5.89. The van der Waals surface area contributed by atoms with Gasteiger partial charge in [0.05, 0.1) is 6.61 Å². The Morgan fingerprint density at radius 3 is 2.50 bits per heavy atom. The van der Waals surface area contributed by atoms with Crippen LogP contribution in [0.4, 0.5) is 4.39 Å². The first kappa shape index (κ1) is 15.2. The van der Waals surface area contributed by atoms with Gasteiger partial charge in [-0.2, -0.15) is 0 Å². The molecule has 2 aromatic rings. The van der Waals surface area contributed by atoms with Crippen molar-refractivity contribution < 1.29 is 9.13 Å². The van der Waals surface area contributed by atoms with Gasteiger partial charge in [0.1, 0.15) is 5.82 Å². The molecule has 106 valence electrons. The highest BCUT2D eigenvalue weighted by Gasteiger charge is 2.09. The topological polar surface area (TPSA) is 9.23 Å². The molecule has 0 aliphatic rings. The van der Waals surface area contributed by atoms with Gasteiger partial charge in [-0.25, -0.2) is 4.39 Å². The third-order valence-electron chi connectivity index (χ3n) is 3.24. The van der Waals surface area contributed by atoms with Crippen molar-refractivity contribution in [1.82, 2.24) is 0 Å². The smallest absolute Gasteiger partial charge is 0.123 e. The number of benzene rings is 2. The zero-order valence-corrected chi connectivity index (χ0v) is 13.1. The third-order valence-corrected chi connectivity index (χ3v) is 4.09. The number of ether oxygens (including phenoxy) is 1. The molecule has 2 rings (SSSR count). The molecule has 0 aliphatic carbocycles. The molecule has 20 heavy (non-hydrogen) atoms. The van der Waals surface area contributed by atoms with Crippen LogP contribution in [0.25, 0.3) is 0 Å². The van der Waals surface area contributed by atoms with Gasteiger partial charge >= 0.3 is 0 Å². The Morgan fingerprint density at radius 2 is 1.85 bits per heavy atom. The van der Waals surface area contributed by atoms with Crippen LogP contribution in [0.2, 0.25) is 0 Å². The van der Waals surface area contributed by atoms with Gasteiger partial charge in [0, 0.05) is 11.9 Å². The molecule has 1 nitrogen and oxygen atoms in total. The first-order chi connectivity index (χ1) is 9.69. The third kappa shape index (κ3) is 4.43. The quantitative estimate of drug-likeness (QED) is 0.695. The number of hydrogen-bond donors (Lipinski definition) is 0. The molecule has 0 heterocycles. The van der Waals surface area contributed by atoms with Gasteiger partial charge in [-0.15, -0.1) is 0 Å². The lowest BCUT2D eigenvalue weighted by Crippen LogP contribution is -1.98. The van der Waals surface area contributed by atoms with E-state index in [-0.39, 0.29) is 10.6 Å². The summed E-state index contributed by atoms with van der Waals surface area (Å²) >= 11 is 3.68. The minimum absolute atomic E-state index is 0.183. The fourth-order valence-corrected chi connectivity index (χ4v) is 2.78. The van der Waals surface area contributed by atoms with E-state index in [1.54, 1.807) is 19.2 Å². The Kier molecular flexibility index (Phi) is 5.74. The predicted octanol–water partition coefficient (Wildman–Crippen LogP) is 4.69. The normalized spacial score (nSPS) is 12.3. The van der Waals surface area contributed by atoms with Gasteiger partial charge in [-0.3, -0.25) is 0 Å². The second kappa shape index (κ2) is 7.55. The molecule has 0 N–H and O–H groups in total. The summed E-state index contributed by atoms with van der Waals surface area (Å²) < 4.78 is 18.2. The maximum absolute atomic E-state index is 13.2. The van der Waals surface area contributed by atoms with Crippen molar-refractivity contribution >= 4 is 15.9 Å². The summed E-state index contributed by atoms with van der Waals surface area (Å²) in [4.78, 5) is 0.195. The second-order valence-electron chi connectivity index (χ2n) is 4.79. The van der Waals surface area contributed by atoms with Crippen LogP contribution in [0.1, 0.15) is 21.5 Å². The highest BCUT2D eigenvalue weighted by atomic mass is 79.9. The molecule has 0 bridgehead atoms. The summed E-state index contributed by atoms with van der Waals surface area (Å²) in [7, 11) is 1.71. The van der Waals surface area contributed by atoms with Crippen LogP contribution in [-0.2, 0) is 17.6 Å². The Labute approximate surface area is 127 Å². The van der Waals surface area contributed by atoms with E-state index < -0.39 is 0 Å². The fourth-order valence-electron chi connectivity index (χ4n) is 2.10. The Balaban J connectivity index is 2.00. The van der Waals surface area contributed by atoms with Crippen LogP contribution >= 0.6 is 15.9 Å². The first-order valence-corrected chi connectivity index (χ1v) is 7.57. The van der Waals surface area contributed by atoms with Gasteiger partial charge in [-0.05, 0) is 41.7 Å². The number of halogens is 2. The van der Waals surface area contributed by atoms with E-state index in [9.17, 15) is 4.39 Å². The largest absolute Gasteiger partial charge is 0.384 e.